The lowest BCUT2D eigenvalue weighted by atomic mass is 9.79. The van der Waals surface area contributed by atoms with E-state index in [0.29, 0.717) is 6.42 Å². The third kappa shape index (κ3) is 6.30. The van der Waals surface area contributed by atoms with Crippen LogP contribution in [0.4, 0.5) is 4.39 Å². The molecule has 6 nitrogen and oxygen atoms in total. The first-order chi connectivity index (χ1) is 19.8. The van der Waals surface area contributed by atoms with Crippen molar-refractivity contribution >= 4 is 34.9 Å². The monoisotopic (exact) mass is 589 g/mol. The molecule has 0 bridgehead atoms. The number of nitrogens with one attached hydrogen (secondary N) is 1. The van der Waals surface area contributed by atoms with Gasteiger partial charge in [0.25, 0.3) is 0 Å². The van der Waals surface area contributed by atoms with Gasteiger partial charge in [-0.3, -0.25) is 13.8 Å². The molecular weight excluding hydrogens is 552 g/mol. The maximum atomic E-state index is 14.3. The molecule has 1 fully saturated rings. The molecule has 9 heteroatoms. The van der Waals surface area contributed by atoms with Gasteiger partial charge in [0, 0.05) is 27.9 Å². The number of carbonyl (C=O) groups is 1. The van der Waals surface area contributed by atoms with Gasteiger partial charge < -0.3 is 9.31 Å². The fourth-order valence-corrected chi connectivity index (χ4v) is 5.97. The fourth-order valence-electron chi connectivity index (χ4n) is 5.45. The Balaban J connectivity index is 1.20. The number of carbonyl (C=O) groups excluding carboxylic acids is 1. The van der Waals surface area contributed by atoms with Gasteiger partial charge in [-0.2, -0.15) is 0 Å². The van der Waals surface area contributed by atoms with Crippen LogP contribution in [0, 0.1) is 5.82 Å². The molecule has 220 valence electrons. The highest BCUT2D eigenvalue weighted by molar-refractivity contribution is 7.84. The molecule has 1 heterocycles. The largest absolute Gasteiger partial charge is 0.494 e. The molecule has 0 spiro atoms. The molecule has 1 aliphatic carbocycles. The van der Waals surface area contributed by atoms with Crippen molar-refractivity contribution in [1.29, 1.82) is 0 Å². The molecule has 1 saturated heterocycles. The van der Waals surface area contributed by atoms with E-state index in [9.17, 15) is 13.4 Å². The summed E-state index contributed by atoms with van der Waals surface area (Å²) in [6, 6.07) is 20.2. The normalized spacial score (nSPS) is 19.6. The van der Waals surface area contributed by atoms with Crippen LogP contribution in [0.2, 0.25) is 0 Å². The summed E-state index contributed by atoms with van der Waals surface area (Å²) >= 11 is 0. The topological polar surface area (TPSA) is 73.9 Å². The number of hydrogen-bond acceptors (Lipinski definition) is 5. The van der Waals surface area contributed by atoms with Crippen LogP contribution in [0.5, 0.6) is 0 Å². The van der Waals surface area contributed by atoms with Crippen LogP contribution in [-0.2, 0) is 42.8 Å². The Labute approximate surface area is 250 Å². The molecular formula is C33H37BFNO5S. The number of allylic oxidation sites excluding steroid dienone is 1. The molecule has 3 aromatic carbocycles. The van der Waals surface area contributed by atoms with Crippen molar-refractivity contribution in [3.8, 4) is 0 Å². The van der Waals surface area contributed by atoms with E-state index >= 15 is 0 Å². The first-order valence-corrected chi connectivity index (χ1v) is 15.7. The van der Waals surface area contributed by atoms with Crippen molar-refractivity contribution in [3.05, 3.63) is 100 Å². The average molecular weight is 590 g/mol. The highest BCUT2D eigenvalue weighted by Gasteiger charge is 2.51. The van der Waals surface area contributed by atoms with Crippen molar-refractivity contribution in [2.45, 2.75) is 76.1 Å². The minimum atomic E-state index is -1.04. The SMILES string of the molecule is CC1=C(CC(=O)NOCc2ccc(B3OC(C)(C)C(C)(C)O3)cc2)c2cc(F)ccc2C1Cc1ccc(S(C)=O)cc1. The summed E-state index contributed by atoms with van der Waals surface area (Å²) in [5.74, 6) is -0.622. The highest BCUT2D eigenvalue weighted by Crippen LogP contribution is 2.45. The third-order valence-corrected chi connectivity index (χ3v) is 9.61. The van der Waals surface area contributed by atoms with Crippen LogP contribution in [0.15, 0.2) is 77.2 Å². The molecule has 42 heavy (non-hydrogen) atoms. The smallest absolute Gasteiger partial charge is 0.399 e. The number of benzene rings is 3. The number of fused-ring (bicyclic) bond motifs is 1. The molecule has 0 saturated carbocycles. The Kier molecular flexibility index (Phi) is 8.59. The Hall–Kier alpha value is -3.11. The number of hydrogen-bond donors (Lipinski definition) is 1. The van der Waals surface area contributed by atoms with Gasteiger partial charge in [-0.15, -0.1) is 0 Å². The summed E-state index contributed by atoms with van der Waals surface area (Å²) in [7, 11) is -1.48. The van der Waals surface area contributed by atoms with Gasteiger partial charge in [-0.05, 0) is 98.6 Å². The van der Waals surface area contributed by atoms with Gasteiger partial charge in [-0.1, -0.05) is 48.0 Å². The zero-order valence-corrected chi connectivity index (χ0v) is 25.8. The van der Waals surface area contributed by atoms with Crippen molar-refractivity contribution in [3.63, 3.8) is 0 Å². The molecule has 1 aliphatic heterocycles. The highest BCUT2D eigenvalue weighted by atomic mass is 32.2. The molecule has 2 atom stereocenters. The van der Waals surface area contributed by atoms with Crippen LogP contribution in [0.3, 0.4) is 0 Å². The van der Waals surface area contributed by atoms with Gasteiger partial charge in [0.1, 0.15) is 5.82 Å². The summed E-state index contributed by atoms with van der Waals surface area (Å²) in [6.07, 6.45) is 2.43. The number of rotatable bonds is 9. The van der Waals surface area contributed by atoms with Crippen molar-refractivity contribution in [1.82, 2.24) is 5.48 Å². The zero-order valence-electron chi connectivity index (χ0n) is 25.0. The lowest BCUT2D eigenvalue weighted by molar-refractivity contribution is -0.133. The minimum Gasteiger partial charge on any atom is -0.399 e. The Morgan fingerprint density at radius 3 is 2.21 bits per heavy atom. The van der Waals surface area contributed by atoms with Crippen LogP contribution in [0.25, 0.3) is 5.57 Å². The van der Waals surface area contributed by atoms with Gasteiger partial charge in [0.15, 0.2) is 0 Å². The number of halogens is 1. The van der Waals surface area contributed by atoms with E-state index < -0.39 is 29.1 Å². The van der Waals surface area contributed by atoms with Crippen molar-refractivity contribution < 1.29 is 27.5 Å². The molecule has 1 N–H and O–H groups in total. The first-order valence-electron chi connectivity index (χ1n) is 14.1. The fraction of sp³-hybridized carbons (Fsp3) is 0.364. The Bertz CT molecular complexity index is 1520. The summed E-state index contributed by atoms with van der Waals surface area (Å²) in [6.45, 7) is 10.3. The Morgan fingerprint density at radius 1 is 0.976 bits per heavy atom. The molecule has 2 unspecified atom stereocenters. The van der Waals surface area contributed by atoms with Crippen molar-refractivity contribution in [2.75, 3.05) is 6.26 Å². The second-order valence-corrected chi connectivity index (χ2v) is 13.4. The lowest BCUT2D eigenvalue weighted by Gasteiger charge is -2.32. The maximum Gasteiger partial charge on any atom is 0.494 e. The van der Waals surface area contributed by atoms with Crippen LogP contribution >= 0.6 is 0 Å². The van der Waals surface area contributed by atoms with Crippen LogP contribution in [-0.4, -0.2) is 34.7 Å². The third-order valence-electron chi connectivity index (χ3n) is 8.68. The second kappa shape index (κ2) is 11.9. The quantitative estimate of drug-likeness (QED) is 0.259. The molecule has 1 amide bonds. The predicted octanol–water partition coefficient (Wildman–Crippen LogP) is 5.61. The lowest BCUT2D eigenvalue weighted by Crippen LogP contribution is -2.41. The molecule has 0 radical (unpaired) electrons. The van der Waals surface area contributed by atoms with Crippen molar-refractivity contribution in [2.24, 2.45) is 0 Å². The van der Waals surface area contributed by atoms with E-state index in [1.54, 1.807) is 6.26 Å². The molecule has 5 rings (SSSR count). The standard InChI is InChI=1S/C33H37BFNO5S/c1-21-28(17-22-9-14-26(15-10-22)42(6)38)27-16-13-25(35)18-30(27)29(21)19-31(37)36-39-20-23-7-11-24(12-8-23)34-40-32(2,3)33(4,5)41-34/h7-16,18,28H,17,19-20H2,1-6H3,(H,36,37). The minimum absolute atomic E-state index is 0.0183. The molecule has 3 aromatic rings. The summed E-state index contributed by atoms with van der Waals surface area (Å²) < 4.78 is 38.3. The van der Waals surface area contributed by atoms with E-state index in [4.69, 9.17) is 14.1 Å². The predicted molar refractivity (Wildman–Crippen MR) is 164 cm³/mol. The first kappa shape index (κ1) is 30.4. The second-order valence-electron chi connectivity index (χ2n) is 12.1. The van der Waals surface area contributed by atoms with E-state index in [-0.39, 0.29) is 30.7 Å². The van der Waals surface area contributed by atoms with Gasteiger partial charge in [0.2, 0.25) is 5.91 Å². The zero-order chi connectivity index (χ0) is 30.2. The van der Waals surface area contributed by atoms with Gasteiger partial charge in [-0.25, -0.2) is 9.87 Å². The average Bonchev–Trinajstić information content (AvgIpc) is 3.31. The van der Waals surface area contributed by atoms with Gasteiger partial charge in [0.05, 0.1) is 24.2 Å². The molecule has 2 aliphatic rings. The van der Waals surface area contributed by atoms with Crippen LogP contribution < -0.4 is 10.9 Å². The van der Waals surface area contributed by atoms with E-state index in [0.717, 1.165) is 43.8 Å². The van der Waals surface area contributed by atoms with Gasteiger partial charge >= 0.3 is 7.12 Å². The summed E-state index contributed by atoms with van der Waals surface area (Å²) in [5.41, 5.74) is 8.23. The summed E-state index contributed by atoms with van der Waals surface area (Å²) in [4.78, 5) is 19.2. The maximum absolute atomic E-state index is 14.3. The van der Waals surface area contributed by atoms with E-state index in [2.05, 4.69) is 5.48 Å². The van der Waals surface area contributed by atoms with E-state index in [1.807, 2.05) is 89.2 Å². The molecule has 0 aromatic heterocycles. The summed E-state index contributed by atoms with van der Waals surface area (Å²) in [5, 5.41) is 0. The Morgan fingerprint density at radius 2 is 1.60 bits per heavy atom. The van der Waals surface area contributed by atoms with Crippen LogP contribution in [0.1, 0.15) is 69.2 Å². The number of hydroxylamine groups is 1. The van der Waals surface area contributed by atoms with E-state index in [1.165, 1.54) is 12.1 Å². The number of amides is 1.